The zero-order valence-electron chi connectivity index (χ0n) is 16.7. The number of likely N-dealkylation sites (N-methyl/N-ethyl adjacent to an activating group) is 1. The number of hydrogen-bond donors (Lipinski definition) is 2. The summed E-state index contributed by atoms with van der Waals surface area (Å²) in [6.45, 7) is 3.65. The smallest absolute Gasteiger partial charge is 0.287 e. The summed E-state index contributed by atoms with van der Waals surface area (Å²) in [6.07, 6.45) is 1.46. The van der Waals surface area contributed by atoms with Crippen LogP contribution in [0.4, 0.5) is 8.78 Å². The van der Waals surface area contributed by atoms with Crippen molar-refractivity contribution in [3.05, 3.63) is 66.1 Å². The molecule has 2 amide bonds. The van der Waals surface area contributed by atoms with Gasteiger partial charge in [0, 0.05) is 24.9 Å². The molecule has 2 heterocycles. The number of nitrogens with zero attached hydrogens (tertiary/aromatic N) is 1. The summed E-state index contributed by atoms with van der Waals surface area (Å²) >= 11 is 0. The molecule has 1 unspecified atom stereocenters. The van der Waals surface area contributed by atoms with Crippen LogP contribution < -0.4 is 10.6 Å². The highest BCUT2D eigenvalue weighted by Crippen LogP contribution is 2.25. The van der Waals surface area contributed by atoms with Crippen LogP contribution in [0.25, 0.3) is 22.6 Å². The van der Waals surface area contributed by atoms with Crippen LogP contribution in [0.2, 0.25) is 0 Å². The highest BCUT2D eigenvalue weighted by atomic mass is 19.1. The number of amides is 2. The molecule has 2 aromatic heterocycles. The molecule has 0 fully saturated rings. The van der Waals surface area contributed by atoms with Crippen LogP contribution in [-0.4, -0.2) is 29.9 Å². The lowest BCUT2D eigenvalue weighted by Crippen LogP contribution is -2.48. The summed E-state index contributed by atoms with van der Waals surface area (Å²) in [5.41, 5.74) is 1.34. The number of hydrogen-bond acceptors (Lipinski definition) is 4. The fourth-order valence-electron chi connectivity index (χ4n) is 2.93. The van der Waals surface area contributed by atoms with E-state index in [1.807, 2.05) is 13.8 Å². The monoisotopic (exact) mass is 413 g/mol. The minimum absolute atomic E-state index is 0.0395. The van der Waals surface area contributed by atoms with E-state index in [1.165, 1.54) is 31.4 Å². The lowest BCUT2D eigenvalue weighted by Gasteiger charge is -2.19. The standard InChI is InChI=1S/C22H21F2N3O3/c1-12(2)20(22(29)25-3)27-21(28)19-7-6-18(30-19)17-5-4-13(11-26-17)14-8-15(23)10-16(24)9-14/h4-12,20H,1-3H3,(H,25,29)(H,27,28). The highest BCUT2D eigenvalue weighted by molar-refractivity contribution is 5.96. The highest BCUT2D eigenvalue weighted by Gasteiger charge is 2.25. The second-order valence-corrected chi connectivity index (χ2v) is 7.06. The van der Waals surface area contributed by atoms with Gasteiger partial charge >= 0.3 is 0 Å². The number of furan rings is 1. The van der Waals surface area contributed by atoms with Crippen LogP contribution in [0.15, 0.2) is 53.1 Å². The largest absolute Gasteiger partial charge is 0.449 e. The van der Waals surface area contributed by atoms with Gasteiger partial charge < -0.3 is 15.1 Å². The van der Waals surface area contributed by atoms with Gasteiger partial charge in [-0.05, 0) is 41.8 Å². The summed E-state index contributed by atoms with van der Waals surface area (Å²) in [6, 6.07) is 8.89. The fraction of sp³-hybridized carbons (Fsp3) is 0.227. The number of carbonyl (C=O) groups is 2. The number of aromatic nitrogens is 1. The van der Waals surface area contributed by atoms with Gasteiger partial charge in [-0.1, -0.05) is 19.9 Å². The Bertz CT molecular complexity index is 1040. The summed E-state index contributed by atoms with van der Waals surface area (Å²) < 4.78 is 32.4. The van der Waals surface area contributed by atoms with E-state index < -0.39 is 23.6 Å². The number of pyridine rings is 1. The van der Waals surface area contributed by atoms with Gasteiger partial charge in [0.15, 0.2) is 11.5 Å². The Hall–Kier alpha value is -3.55. The van der Waals surface area contributed by atoms with Crippen molar-refractivity contribution in [3.8, 4) is 22.6 Å². The lowest BCUT2D eigenvalue weighted by molar-refractivity contribution is -0.123. The van der Waals surface area contributed by atoms with E-state index in [0.29, 0.717) is 22.6 Å². The first-order chi connectivity index (χ1) is 14.3. The fourth-order valence-corrected chi connectivity index (χ4v) is 2.93. The Kier molecular flexibility index (Phi) is 6.25. The number of benzene rings is 1. The maximum atomic E-state index is 13.4. The molecule has 0 aliphatic rings. The molecule has 0 bridgehead atoms. The van der Waals surface area contributed by atoms with Crippen molar-refractivity contribution >= 4 is 11.8 Å². The average molecular weight is 413 g/mol. The van der Waals surface area contributed by atoms with Gasteiger partial charge in [0.25, 0.3) is 5.91 Å². The molecule has 0 radical (unpaired) electrons. The first kappa shape index (κ1) is 21.2. The molecule has 3 aromatic rings. The summed E-state index contributed by atoms with van der Waals surface area (Å²) in [5.74, 6) is -1.88. The Morgan fingerprint density at radius 1 is 1.00 bits per heavy atom. The van der Waals surface area contributed by atoms with Gasteiger partial charge in [-0.25, -0.2) is 8.78 Å². The van der Waals surface area contributed by atoms with Gasteiger partial charge in [0.1, 0.15) is 23.4 Å². The summed E-state index contributed by atoms with van der Waals surface area (Å²) in [4.78, 5) is 28.6. The van der Waals surface area contributed by atoms with Gasteiger partial charge in [0.2, 0.25) is 5.91 Å². The molecular formula is C22H21F2N3O3. The Balaban J connectivity index is 1.77. The average Bonchev–Trinajstić information content (AvgIpc) is 3.21. The van der Waals surface area contributed by atoms with E-state index in [-0.39, 0.29) is 17.6 Å². The molecule has 156 valence electrons. The normalized spacial score (nSPS) is 11.9. The topological polar surface area (TPSA) is 84.2 Å². The molecule has 0 aliphatic carbocycles. The molecule has 0 aliphatic heterocycles. The van der Waals surface area contributed by atoms with Crippen molar-refractivity contribution in [3.63, 3.8) is 0 Å². The van der Waals surface area contributed by atoms with E-state index in [4.69, 9.17) is 4.42 Å². The second-order valence-electron chi connectivity index (χ2n) is 7.06. The molecule has 30 heavy (non-hydrogen) atoms. The lowest BCUT2D eigenvalue weighted by atomic mass is 10.0. The van der Waals surface area contributed by atoms with Gasteiger partial charge in [0.05, 0.1) is 0 Å². The van der Waals surface area contributed by atoms with Crippen LogP contribution in [0.5, 0.6) is 0 Å². The van der Waals surface area contributed by atoms with Crippen LogP contribution in [0.1, 0.15) is 24.4 Å². The minimum atomic E-state index is -0.694. The van der Waals surface area contributed by atoms with Crippen LogP contribution in [-0.2, 0) is 4.79 Å². The maximum Gasteiger partial charge on any atom is 0.287 e. The maximum absolute atomic E-state index is 13.4. The Morgan fingerprint density at radius 3 is 2.27 bits per heavy atom. The summed E-state index contributed by atoms with van der Waals surface area (Å²) in [5, 5.41) is 5.17. The van der Waals surface area contributed by atoms with Gasteiger partial charge in [-0.3, -0.25) is 14.6 Å². The molecular weight excluding hydrogens is 392 g/mol. The predicted octanol–water partition coefficient (Wildman–Crippen LogP) is 3.79. The van der Waals surface area contributed by atoms with E-state index in [0.717, 1.165) is 6.07 Å². The molecule has 8 heteroatoms. The predicted molar refractivity (Wildman–Crippen MR) is 107 cm³/mol. The third-order valence-electron chi connectivity index (χ3n) is 4.52. The molecule has 0 spiro atoms. The van der Waals surface area contributed by atoms with Gasteiger partial charge in [-0.2, -0.15) is 0 Å². The third kappa shape index (κ3) is 4.71. The van der Waals surface area contributed by atoms with Crippen molar-refractivity contribution in [2.24, 2.45) is 5.92 Å². The van der Waals surface area contributed by atoms with Crippen LogP contribution >= 0.6 is 0 Å². The van der Waals surface area contributed by atoms with Crippen LogP contribution in [0.3, 0.4) is 0 Å². The van der Waals surface area contributed by atoms with Crippen molar-refractivity contribution in [1.29, 1.82) is 0 Å². The Morgan fingerprint density at radius 2 is 1.70 bits per heavy atom. The number of carbonyl (C=O) groups excluding carboxylic acids is 2. The zero-order chi connectivity index (χ0) is 21.8. The number of halogens is 2. The second kappa shape index (κ2) is 8.86. The molecule has 0 saturated heterocycles. The molecule has 2 N–H and O–H groups in total. The molecule has 1 atom stereocenters. The molecule has 6 nitrogen and oxygen atoms in total. The van der Waals surface area contributed by atoms with Crippen molar-refractivity contribution in [2.75, 3.05) is 7.05 Å². The van der Waals surface area contributed by atoms with Crippen LogP contribution in [0, 0.1) is 17.6 Å². The SMILES string of the molecule is CNC(=O)C(NC(=O)c1ccc(-c2ccc(-c3cc(F)cc(F)c3)cn2)o1)C(C)C. The quantitative estimate of drug-likeness (QED) is 0.644. The molecule has 0 saturated carbocycles. The molecule has 1 aromatic carbocycles. The van der Waals surface area contributed by atoms with Crippen molar-refractivity contribution in [1.82, 2.24) is 15.6 Å². The Labute approximate surface area is 172 Å². The first-order valence-electron chi connectivity index (χ1n) is 9.33. The third-order valence-corrected chi connectivity index (χ3v) is 4.52. The number of rotatable bonds is 6. The first-order valence-corrected chi connectivity index (χ1v) is 9.33. The molecule has 3 rings (SSSR count). The van der Waals surface area contributed by atoms with E-state index in [9.17, 15) is 18.4 Å². The number of nitrogens with one attached hydrogen (secondary N) is 2. The zero-order valence-corrected chi connectivity index (χ0v) is 16.7. The van der Waals surface area contributed by atoms with Crippen molar-refractivity contribution in [2.45, 2.75) is 19.9 Å². The van der Waals surface area contributed by atoms with E-state index in [2.05, 4.69) is 15.6 Å². The minimum Gasteiger partial charge on any atom is -0.449 e. The van der Waals surface area contributed by atoms with E-state index >= 15 is 0 Å². The van der Waals surface area contributed by atoms with Crippen molar-refractivity contribution < 1.29 is 22.8 Å². The summed E-state index contributed by atoms with van der Waals surface area (Å²) in [7, 11) is 1.50. The van der Waals surface area contributed by atoms with Gasteiger partial charge in [-0.15, -0.1) is 0 Å². The van der Waals surface area contributed by atoms with E-state index in [1.54, 1.807) is 18.2 Å².